The van der Waals surface area contributed by atoms with Crippen LogP contribution in [0.25, 0.3) is 0 Å². The monoisotopic (exact) mass is 277 g/mol. The van der Waals surface area contributed by atoms with Crippen molar-refractivity contribution in [2.45, 2.75) is 19.4 Å². The third-order valence-corrected chi connectivity index (χ3v) is 3.85. The number of aromatic nitrogens is 2. The van der Waals surface area contributed by atoms with Gasteiger partial charge >= 0.3 is 5.97 Å². The summed E-state index contributed by atoms with van der Waals surface area (Å²) in [6.07, 6.45) is 3.75. The Balaban J connectivity index is 2.19. The van der Waals surface area contributed by atoms with Crippen molar-refractivity contribution in [2.75, 3.05) is 11.9 Å². The van der Waals surface area contributed by atoms with E-state index in [1.807, 2.05) is 30.3 Å². The van der Waals surface area contributed by atoms with Crippen LogP contribution in [0.2, 0.25) is 0 Å². The minimum Gasteiger partial charge on any atom is -0.476 e. The Morgan fingerprint density at radius 2 is 2.21 bits per heavy atom. The minimum absolute atomic E-state index is 0.0111. The van der Waals surface area contributed by atoms with Crippen LogP contribution in [0.3, 0.4) is 0 Å². The van der Waals surface area contributed by atoms with Crippen LogP contribution in [-0.4, -0.2) is 34.1 Å². The van der Waals surface area contributed by atoms with E-state index in [1.54, 1.807) is 11.3 Å². The van der Waals surface area contributed by atoms with Crippen LogP contribution < -0.4 is 4.90 Å². The largest absolute Gasteiger partial charge is 0.476 e. The molecule has 0 amide bonds. The number of carboxylic acid groups (broad SMARTS) is 1. The molecule has 0 aromatic carbocycles. The Bertz CT molecular complexity index is 557. The zero-order valence-corrected chi connectivity index (χ0v) is 11.6. The Kier molecular flexibility index (Phi) is 4.11. The van der Waals surface area contributed by atoms with Crippen molar-refractivity contribution in [1.29, 1.82) is 0 Å². The van der Waals surface area contributed by atoms with Crippen molar-refractivity contribution in [2.24, 2.45) is 0 Å². The number of aromatic carboxylic acids is 1. The zero-order chi connectivity index (χ0) is 13.8. The molecule has 1 atom stereocenters. The lowest BCUT2D eigenvalue weighted by molar-refractivity contribution is 0.0690. The summed E-state index contributed by atoms with van der Waals surface area (Å²) in [4.78, 5) is 22.3. The van der Waals surface area contributed by atoms with E-state index in [-0.39, 0.29) is 11.7 Å². The first kappa shape index (κ1) is 13.5. The highest BCUT2D eigenvalue weighted by Gasteiger charge is 2.20. The first-order valence-electron chi connectivity index (χ1n) is 5.89. The van der Waals surface area contributed by atoms with Gasteiger partial charge in [-0.1, -0.05) is 6.07 Å². The molecule has 0 fully saturated rings. The molecular weight excluding hydrogens is 262 g/mol. The van der Waals surface area contributed by atoms with Gasteiger partial charge in [0.05, 0.1) is 0 Å². The summed E-state index contributed by atoms with van der Waals surface area (Å²) in [5, 5.41) is 11.2. The number of carbonyl (C=O) groups is 1. The van der Waals surface area contributed by atoms with Crippen molar-refractivity contribution in [3.63, 3.8) is 0 Å². The van der Waals surface area contributed by atoms with Gasteiger partial charge in [0.2, 0.25) is 0 Å². The van der Waals surface area contributed by atoms with Crippen molar-refractivity contribution in [1.82, 2.24) is 9.97 Å². The summed E-state index contributed by atoms with van der Waals surface area (Å²) in [5.74, 6) is -0.655. The van der Waals surface area contributed by atoms with Gasteiger partial charge in [0, 0.05) is 36.8 Å². The molecule has 0 aliphatic heterocycles. The molecule has 5 nitrogen and oxygen atoms in total. The normalized spacial score (nSPS) is 12.1. The number of anilines is 1. The van der Waals surface area contributed by atoms with E-state index >= 15 is 0 Å². The van der Waals surface area contributed by atoms with E-state index in [1.165, 1.54) is 17.3 Å². The van der Waals surface area contributed by atoms with Crippen LogP contribution >= 0.6 is 11.3 Å². The molecule has 0 bridgehead atoms. The van der Waals surface area contributed by atoms with Gasteiger partial charge in [-0.3, -0.25) is 0 Å². The molecule has 100 valence electrons. The number of rotatable bonds is 5. The molecule has 2 aromatic rings. The third-order valence-electron chi connectivity index (χ3n) is 2.95. The first-order chi connectivity index (χ1) is 9.09. The molecule has 1 N–H and O–H groups in total. The molecule has 0 saturated carbocycles. The van der Waals surface area contributed by atoms with Gasteiger partial charge in [-0.15, -0.1) is 11.3 Å². The van der Waals surface area contributed by atoms with E-state index in [0.717, 1.165) is 6.42 Å². The highest BCUT2D eigenvalue weighted by atomic mass is 32.1. The predicted octanol–water partition coefficient (Wildman–Crippen LogP) is 2.30. The standard InChI is InChI=1S/C13H15N3O2S/c1-9(8-10-4-3-7-19-10)16(2)12-11(13(17)18)14-5-6-15-12/h3-7,9H,8H2,1-2H3,(H,17,18). The highest BCUT2D eigenvalue weighted by Crippen LogP contribution is 2.19. The number of thiophene rings is 1. The predicted molar refractivity (Wildman–Crippen MR) is 74.9 cm³/mol. The van der Waals surface area contributed by atoms with Crippen molar-refractivity contribution >= 4 is 23.1 Å². The molecule has 2 heterocycles. The minimum atomic E-state index is -1.06. The summed E-state index contributed by atoms with van der Waals surface area (Å²) >= 11 is 1.70. The quantitative estimate of drug-likeness (QED) is 0.908. The second-order valence-electron chi connectivity index (χ2n) is 4.28. The first-order valence-corrected chi connectivity index (χ1v) is 6.77. The summed E-state index contributed by atoms with van der Waals surface area (Å²) < 4.78 is 0. The number of likely N-dealkylation sites (N-methyl/N-ethyl adjacent to an activating group) is 1. The van der Waals surface area contributed by atoms with Crippen molar-refractivity contribution in [3.8, 4) is 0 Å². The van der Waals surface area contributed by atoms with Gasteiger partial charge in [0.1, 0.15) is 0 Å². The highest BCUT2D eigenvalue weighted by molar-refractivity contribution is 7.09. The molecule has 6 heteroatoms. The maximum absolute atomic E-state index is 11.1. The molecule has 0 saturated heterocycles. The van der Waals surface area contributed by atoms with E-state index < -0.39 is 5.97 Å². The van der Waals surface area contributed by atoms with Crippen LogP contribution in [0.15, 0.2) is 29.9 Å². The maximum Gasteiger partial charge on any atom is 0.358 e. The topological polar surface area (TPSA) is 66.3 Å². The van der Waals surface area contributed by atoms with E-state index in [4.69, 9.17) is 5.11 Å². The summed E-state index contributed by atoms with van der Waals surface area (Å²) in [6, 6.07) is 4.23. The molecule has 0 spiro atoms. The van der Waals surface area contributed by atoms with Crippen molar-refractivity contribution < 1.29 is 9.90 Å². The summed E-state index contributed by atoms with van der Waals surface area (Å²) in [7, 11) is 1.84. The summed E-state index contributed by atoms with van der Waals surface area (Å²) in [5.41, 5.74) is -0.0111. The lowest BCUT2D eigenvalue weighted by Gasteiger charge is -2.26. The Morgan fingerprint density at radius 3 is 2.84 bits per heavy atom. The molecule has 0 radical (unpaired) electrons. The SMILES string of the molecule is CC(Cc1cccs1)N(C)c1nccnc1C(=O)O. The van der Waals surface area contributed by atoms with Gasteiger partial charge in [0.25, 0.3) is 0 Å². The van der Waals surface area contributed by atoms with Crippen LogP contribution in [0.4, 0.5) is 5.82 Å². The second kappa shape index (κ2) is 5.79. The van der Waals surface area contributed by atoms with Crippen LogP contribution in [0.1, 0.15) is 22.3 Å². The molecule has 0 aliphatic rings. The van der Waals surface area contributed by atoms with Crippen LogP contribution in [0.5, 0.6) is 0 Å². The smallest absolute Gasteiger partial charge is 0.358 e. The van der Waals surface area contributed by atoms with E-state index in [9.17, 15) is 4.79 Å². The Labute approximate surface area is 115 Å². The van der Waals surface area contributed by atoms with Gasteiger partial charge < -0.3 is 10.0 Å². The fourth-order valence-electron chi connectivity index (χ4n) is 1.81. The third kappa shape index (κ3) is 3.08. The van der Waals surface area contributed by atoms with Gasteiger partial charge in [-0.2, -0.15) is 0 Å². The molecular formula is C13H15N3O2S. The van der Waals surface area contributed by atoms with E-state index in [2.05, 4.69) is 16.0 Å². The molecule has 2 rings (SSSR count). The maximum atomic E-state index is 11.1. The average molecular weight is 277 g/mol. The molecule has 19 heavy (non-hydrogen) atoms. The van der Waals surface area contributed by atoms with E-state index in [0.29, 0.717) is 5.82 Å². The van der Waals surface area contributed by atoms with Gasteiger partial charge in [0.15, 0.2) is 11.5 Å². The van der Waals surface area contributed by atoms with Gasteiger partial charge in [-0.05, 0) is 18.4 Å². The molecule has 2 aromatic heterocycles. The van der Waals surface area contributed by atoms with Crippen LogP contribution in [0, 0.1) is 0 Å². The van der Waals surface area contributed by atoms with Gasteiger partial charge in [-0.25, -0.2) is 14.8 Å². The second-order valence-corrected chi connectivity index (χ2v) is 5.31. The number of hydrogen-bond acceptors (Lipinski definition) is 5. The zero-order valence-electron chi connectivity index (χ0n) is 10.8. The average Bonchev–Trinajstić information content (AvgIpc) is 2.90. The number of nitrogens with zero attached hydrogens (tertiary/aromatic N) is 3. The fourth-order valence-corrected chi connectivity index (χ4v) is 2.63. The Hall–Kier alpha value is -1.95. The van der Waals surface area contributed by atoms with Crippen LogP contribution in [-0.2, 0) is 6.42 Å². The summed E-state index contributed by atoms with van der Waals surface area (Å²) in [6.45, 7) is 2.04. The lowest BCUT2D eigenvalue weighted by Crippen LogP contribution is -2.32. The molecule has 1 unspecified atom stereocenters. The number of carboxylic acids is 1. The fraction of sp³-hybridized carbons (Fsp3) is 0.308. The number of hydrogen-bond donors (Lipinski definition) is 1. The van der Waals surface area contributed by atoms with Crippen molar-refractivity contribution in [3.05, 3.63) is 40.5 Å². The lowest BCUT2D eigenvalue weighted by atomic mass is 10.2. The molecule has 0 aliphatic carbocycles. The Morgan fingerprint density at radius 1 is 1.47 bits per heavy atom.